The molecule has 92 valence electrons. The van der Waals surface area contributed by atoms with Crippen LogP contribution in [0.15, 0.2) is 24.3 Å². The summed E-state index contributed by atoms with van der Waals surface area (Å²) in [5, 5.41) is 8.69. The van der Waals surface area contributed by atoms with Crippen molar-refractivity contribution in [2.75, 3.05) is 6.61 Å². The van der Waals surface area contributed by atoms with Crippen molar-refractivity contribution >= 4 is 0 Å². The molecule has 1 unspecified atom stereocenters. The van der Waals surface area contributed by atoms with Gasteiger partial charge in [-0.1, -0.05) is 37.0 Å². The second-order valence-corrected chi connectivity index (χ2v) is 3.96. The molecule has 2 nitrogen and oxygen atoms in total. The first kappa shape index (κ1) is 13.8. The molecule has 0 saturated carbocycles. The summed E-state index contributed by atoms with van der Waals surface area (Å²) >= 11 is 0. The van der Waals surface area contributed by atoms with E-state index in [0.717, 1.165) is 17.5 Å². The fourth-order valence-electron chi connectivity index (χ4n) is 1.33. The Morgan fingerprint density at radius 2 is 2.12 bits per heavy atom. The molecule has 1 atom stereocenters. The number of benzene rings is 1. The predicted molar refractivity (Wildman–Crippen MR) is 69.6 cm³/mol. The molecular formula is C15H20O2. The van der Waals surface area contributed by atoms with Crippen molar-refractivity contribution < 1.29 is 9.84 Å². The van der Waals surface area contributed by atoms with Crippen LogP contribution in [-0.2, 0) is 11.3 Å². The first-order chi connectivity index (χ1) is 8.27. The van der Waals surface area contributed by atoms with E-state index in [2.05, 4.69) is 25.7 Å². The van der Waals surface area contributed by atoms with Gasteiger partial charge in [0.2, 0.25) is 0 Å². The topological polar surface area (TPSA) is 29.5 Å². The van der Waals surface area contributed by atoms with E-state index in [1.165, 1.54) is 0 Å². The fourth-order valence-corrected chi connectivity index (χ4v) is 1.33. The van der Waals surface area contributed by atoms with Crippen molar-refractivity contribution in [1.82, 2.24) is 0 Å². The Morgan fingerprint density at radius 3 is 2.82 bits per heavy atom. The minimum absolute atomic E-state index is 0.110. The van der Waals surface area contributed by atoms with Gasteiger partial charge in [0.1, 0.15) is 0 Å². The molecule has 17 heavy (non-hydrogen) atoms. The van der Waals surface area contributed by atoms with Gasteiger partial charge in [-0.3, -0.25) is 0 Å². The van der Waals surface area contributed by atoms with Crippen LogP contribution in [0.3, 0.4) is 0 Å². The maximum Gasteiger partial charge on any atom is 0.0732 e. The lowest BCUT2D eigenvalue weighted by Gasteiger charge is -2.11. The van der Waals surface area contributed by atoms with Gasteiger partial charge in [-0.2, -0.15) is 0 Å². The predicted octanol–water partition coefficient (Wildman–Crippen LogP) is 2.74. The van der Waals surface area contributed by atoms with Crippen molar-refractivity contribution in [3.05, 3.63) is 35.4 Å². The highest BCUT2D eigenvalue weighted by molar-refractivity contribution is 5.40. The summed E-state index contributed by atoms with van der Waals surface area (Å²) < 4.78 is 5.71. The monoisotopic (exact) mass is 232 g/mol. The molecule has 0 spiro atoms. The summed E-state index contributed by atoms with van der Waals surface area (Å²) in [5.74, 6) is 6.00. The third-order valence-corrected chi connectivity index (χ3v) is 2.58. The van der Waals surface area contributed by atoms with E-state index in [4.69, 9.17) is 9.84 Å². The van der Waals surface area contributed by atoms with E-state index in [1.807, 2.05) is 24.3 Å². The van der Waals surface area contributed by atoms with Crippen LogP contribution in [0.5, 0.6) is 0 Å². The molecule has 0 aliphatic heterocycles. The van der Waals surface area contributed by atoms with Crippen LogP contribution >= 0.6 is 0 Å². The number of hydrogen-bond acceptors (Lipinski definition) is 2. The zero-order valence-corrected chi connectivity index (χ0v) is 10.6. The van der Waals surface area contributed by atoms with E-state index in [1.54, 1.807) is 0 Å². The molecule has 0 radical (unpaired) electrons. The van der Waals surface area contributed by atoms with Crippen molar-refractivity contribution in [3.63, 3.8) is 0 Å². The Hall–Kier alpha value is -1.30. The molecular weight excluding hydrogens is 212 g/mol. The third-order valence-electron chi connectivity index (χ3n) is 2.58. The van der Waals surface area contributed by atoms with Gasteiger partial charge in [-0.05, 0) is 25.0 Å². The fraction of sp³-hybridized carbons (Fsp3) is 0.467. The Bertz CT molecular complexity index is 387. The molecule has 1 aromatic carbocycles. The summed E-state index contributed by atoms with van der Waals surface area (Å²) in [6, 6.07) is 7.98. The molecule has 0 aliphatic rings. The Morgan fingerprint density at radius 1 is 1.35 bits per heavy atom. The molecule has 1 rings (SSSR count). The molecule has 0 amide bonds. The molecule has 0 saturated heterocycles. The zero-order valence-electron chi connectivity index (χ0n) is 10.6. The highest BCUT2D eigenvalue weighted by Gasteiger charge is 2.02. The third kappa shape index (κ3) is 5.04. The smallest absolute Gasteiger partial charge is 0.0732 e. The molecule has 0 bridgehead atoms. The number of aliphatic hydroxyl groups excluding tert-OH is 1. The van der Waals surface area contributed by atoms with Gasteiger partial charge in [0.25, 0.3) is 0 Å². The van der Waals surface area contributed by atoms with Gasteiger partial charge < -0.3 is 9.84 Å². The van der Waals surface area contributed by atoms with Crippen LogP contribution < -0.4 is 0 Å². The van der Waals surface area contributed by atoms with Crippen LogP contribution in [0, 0.1) is 11.8 Å². The van der Waals surface area contributed by atoms with Crippen LogP contribution in [0.1, 0.15) is 37.8 Å². The lowest BCUT2D eigenvalue weighted by atomic mass is 10.1. The Kier molecular flexibility index (Phi) is 6.39. The van der Waals surface area contributed by atoms with Gasteiger partial charge in [-0.25, -0.2) is 0 Å². The SMILES string of the molecule is CCC(C)OCc1ccccc1C#CCCO. The number of hydrogen-bond donors (Lipinski definition) is 1. The second-order valence-electron chi connectivity index (χ2n) is 3.96. The first-order valence-electron chi connectivity index (χ1n) is 6.07. The largest absolute Gasteiger partial charge is 0.395 e. The Balaban J connectivity index is 2.68. The van der Waals surface area contributed by atoms with Crippen molar-refractivity contribution in [3.8, 4) is 11.8 Å². The summed E-state index contributed by atoms with van der Waals surface area (Å²) in [7, 11) is 0. The van der Waals surface area contributed by atoms with E-state index in [9.17, 15) is 0 Å². The highest BCUT2D eigenvalue weighted by Crippen LogP contribution is 2.10. The summed E-state index contributed by atoms with van der Waals surface area (Å²) in [6.45, 7) is 4.88. The van der Waals surface area contributed by atoms with Crippen LogP contribution in [0.2, 0.25) is 0 Å². The summed E-state index contributed by atoms with van der Waals surface area (Å²) in [5.41, 5.74) is 2.10. The minimum atomic E-state index is 0.110. The molecule has 0 fully saturated rings. The molecule has 2 heteroatoms. The minimum Gasteiger partial charge on any atom is -0.395 e. The van der Waals surface area contributed by atoms with Crippen LogP contribution in [0.4, 0.5) is 0 Å². The van der Waals surface area contributed by atoms with Gasteiger partial charge in [-0.15, -0.1) is 0 Å². The van der Waals surface area contributed by atoms with Crippen LogP contribution in [-0.4, -0.2) is 17.8 Å². The van der Waals surface area contributed by atoms with Crippen molar-refractivity contribution in [2.24, 2.45) is 0 Å². The normalized spacial score (nSPS) is 11.7. The quantitative estimate of drug-likeness (QED) is 0.791. The standard InChI is InChI=1S/C15H20O2/c1-3-13(2)17-12-15-10-5-4-8-14(15)9-6-7-11-16/h4-5,8,10,13,16H,3,7,11-12H2,1-2H3. The maximum atomic E-state index is 8.69. The molecule has 0 aliphatic carbocycles. The van der Waals surface area contributed by atoms with E-state index in [0.29, 0.717) is 13.0 Å². The van der Waals surface area contributed by atoms with Gasteiger partial charge in [0, 0.05) is 12.0 Å². The summed E-state index contributed by atoms with van der Waals surface area (Å²) in [6.07, 6.45) is 1.80. The number of rotatable bonds is 5. The Labute approximate surface area is 104 Å². The lowest BCUT2D eigenvalue weighted by molar-refractivity contribution is 0.0507. The molecule has 0 heterocycles. The van der Waals surface area contributed by atoms with E-state index < -0.39 is 0 Å². The zero-order chi connectivity index (χ0) is 12.5. The van der Waals surface area contributed by atoms with Gasteiger partial charge in [0.15, 0.2) is 0 Å². The second kappa shape index (κ2) is 7.89. The average molecular weight is 232 g/mol. The maximum absolute atomic E-state index is 8.69. The summed E-state index contributed by atoms with van der Waals surface area (Å²) in [4.78, 5) is 0. The van der Waals surface area contributed by atoms with Gasteiger partial charge >= 0.3 is 0 Å². The lowest BCUT2D eigenvalue weighted by Crippen LogP contribution is -2.06. The van der Waals surface area contributed by atoms with Crippen molar-refractivity contribution in [2.45, 2.75) is 39.4 Å². The molecule has 1 aromatic rings. The average Bonchev–Trinajstić information content (AvgIpc) is 2.37. The highest BCUT2D eigenvalue weighted by atomic mass is 16.5. The van der Waals surface area contributed by atoms with Crippen LogP contribution in [0.25, 0.3) is 0 Å². The number of ether oxygens (including phenoxy) is 1. The van der Waals surface area contributed by atoms with Gasteiger partial charge in [0.05, 0.1) is 19.3 Å². The van der Waals surface area contributed by atoms with E-state index in [-0.39, 0.29) is 12.7 Å². The molecule has 0 aromatic heterocycles. The number of aliphatic hydroxyl groups is 1. The molecule has 1 N–H and O–H groups in total. The first-order valence-corrected chi connectivity index (χ1v) is 6.07. The van der Waals surface area contributed by atoms with E-state index >= 15 is 0 Å². The van der Waals surface area contributed by atoms with Crippen molar-refractivity contribution in [1.29, 1.82) is 0 Å².